The van der Waals surface area contributed by atoms with Gasteiger partial charge < -0.3 is 5.32 Å². The minimum atomic E-state index is -3.20. The fourth-order valence-corrected chi connectivity index (χ4v) is 5.03. The van der Waals surface area contributed by atoms with E-state index in [1.165, 1.54) is 6.26 Å². The highest BCUT2D eigenvalue weighted by atomic mass is 32.2. The Hall–Kier alpha value is -0.720. The minimum Gasteiger partial charge on any atom is -0.314 e. The molecule has 118 valence electrons. The van der Waals surface area contributed by atoms with Crippen LogP contribution in [0, 0.1) is 0 Å². The SMILES string of the molecule is CCNC1CCCC(S(=O)c2ccc(S(C)(=O)=O)cc2)C1. The Bertz CT molecular complexity index is 594. The van der Waals surface area contributed by atoms with Gasteiger partial charge in [0, 0.05) is 22.4 Å². The zero-order valence-corrected chi connectivity index (χ0v) is 14.2. The minimum absolute atomic E-state index is 0.159. The fourth-order valence-electron chi connectivity index (χ4n) is 2.83. The van der Waals surface area contributed by atoms with Gasteiger partial charge in [0.25, 0.3) is 0 Å². The Balaban J connectivity index is 2.09. The molecular weight excluding hydrogens is 306 g/mol. The molecule has 4 nitrogen and oxygen atoms in total. The molecule has 0 bridgehead atoms. The summed E-state index contributed by atoms with van der Waals surface area (Å²) < 4.78 is 35.5. The van der Waals surface area contributed by atoms with Crippen LogP contribution in [0.5, 0.6) is 0 Å². The van der Waals surface area contributed by atoms with Crippen LogP contribution in [-0.4, -0.2) is 36.7 Å². The number of hydrogen-bond donors (Lipinski definition) is 1. The van der Waals surface area contributed by atoms with Crippen molar-refractivity contribution < 1.29 is 12.6 Å². The zero-order chi connectivity index (χ0) is 15.5. The highest BCUT2D eigenvalue weighted by Gasteiger charge is 2.26. The molecule has 0 aromatic heterocycles. The lowest BCUT2D eigenvalue weighted by molar-refractivity contribution is 0.383. The summed E-state index contributed by atoms with van der Waals surface area (Å²) in [5.41, 5.74) is 0. The number of rotatable bonds is 5. The third-order valence-corrected chi connectivity index (χ3v) is 6.80. The molecule has 0 radical (unpaired) electrons. The van der Waals surface area contributed by atoms with Gasteiger partial charge in [-0.15, -0.1) is 0 Å². The van der Waals surface area contributed by atoms with E-state index in [4.69, 9.17) is 0 Å². The molecule has 0 aliphatic heterocycles. The molecule has 1 N–H and O–H groups in total. The van der Waals surface area contributed by atoms with Crippen molar-refractivity contribution in [2.45, 2.75) is 53.7 Å². The van der Waals surface area contributed by atoms with Crippen molar-refractivity contribution in [1.82, 2.24) is 5.32 Å². The van der Waals surface area contributed by atoms with E-state index in [0.29, 0.717) is 6.04 Å². The first-order valence-electron chi connectivity index (χ1n) is 7.36. The van der Waals surface area contributed by atoms with E-state index in [9.17, 15) is 12.6 Å². The van der Waals surface area contributed by atoms with Crippen molar-refractivity contribution in [2.24, 2.45) is 0 Å². The molecule has 1 aromatic carbocycles. The molecule has 3 atom stereocenters. The average Bonchev–Trinajstić information content (AvgIpc) is 2.46. The molecular formula is C15H23NO3S2. The number of hydrogen-bond acceptors (Lipinski definition) is 4. The van der Waals surface area contributed by atoms with Crippen LogP contribution in [0.1, 0.15) is 32.6 Å². The summed E-state index contributed by atoms with van der Waals surface area (Å²) >= 11 is 0. The zero-order valence-electron chi connectivity index (χ0n) is 12.5. The van der Waals surface area contributed by atoms with Crippen molar-refractivity contribution in [3.05, 3.63) is 24.3 Å². The monoisotopic (exact) mass is 329 g/mol. The fraction of sp³-hybridized carbons (Fsp3) is 0.600. The first-order chi connectivity index (χ1) is 9.91. The maximum Gasteiger partial charge on any atom is 0.175 e. The average molecular weight is 329 g/mol. The Morgan fingerprint density at radius 3 is 2.48 bits per heavy atom. The Kier molecular flexibility index (Phi) is 5.57. The molecule has 0 spiro atoms. The molecule has 2 rings (SSSR count). The molecule has 1 saturated carbocycles. The molecule has 0 saturated heterocycles. The van der Waals surface area contributed by atoms with E-state index in [-0.39, 0.29) is 10.1 Å². The second kappa shape index (κ2) is 7.03. The summed E-state index contributed by atoms with van der Waals surface area (Å²) in [4.78, 5) is 1.00. The first kappa shape index (κ1) is 16.6. The van der Waals surface area contributed by atoms with Gasteiger partial charge in [-0.05, 0) is 50.1 Å². The standard InChI is InChI=1S/C15H23NO3S2/c1-3-16-12-5-4-6-14(11-12)20(17)13-7-9-15(10-8-13)21(2,18)19/h7-10,12,14,16H,3-6,11H2,1-2H3. The third-order valence-electron chi connectivity index (χ3n) is 3.91. The molecule has 1 fully saturated rings. The highest BCUT2D eigenvalue weighted by molar-refractivity contribution is 7.90. The van der Waals surface area contributed by atoms with Crippen LogP contribution in [0.25, 0.3) is 0 Å². The van der Waals surface area contributed by atoms with Crippen LogP contribution >= 0.6 is 0 Å². The van der Waals surface area contributed by atoms with Crippen molar-refractivity contribution in [2.75, 3.05) is 12.8 Å². The van der Waals surface area contributed by atoms with E-state index in [1.54, 1.807) is 24.3 Å². The molecule has 21 heavy (non-hydrogen) atoms. The maximum absolute atomic E-state index is 12.6. The van der Waals surface area contributed by atoms with Gasteiger partial charge in [-0.25, -0.2) is 8.42 Å². The van der Waals surface area contributed by atoms with Crippen molar-refractivity contribution >= 4 is 20.6 Å². The molecule has 0 amide bonds. The van der Waals surface area contributed by atoms with E-state index in [0.717, 1.165) is 37.1 Å². The van der Waals surface area contributed by atoms with Crippen molar-refractivity contribution in [3.8, 4) is 0 Å². The lowest BCUT2D eigenvalue weighted by Crippen LogP contribution is -2.37. The lowest BCUT2D eigenvalue weighted by Gasteiger charge is -2.29. The summed E-state index contributed by atoms with van der Waals surface area (Å²) in [5.74, 6) is 0. The van der Waals surface area contributed by atoms with Crippen LogP contribution in [0.15, 0.2) is 34.1 Å². The Morgan fingerprint density at radius 1 is 1.24 bits per heavy atom. The summed E-state index contributed by atoms with van der Waals surface area (Å²) in [6.07, 6.45) is 5.32. The van der Waals surface area contributed by atoms with E-state index >= 15 is 0 Å². The highest BCUT2D eigenvalue weighted by Crippen LogP contribution is 2.26. The summed E-state index contributed by atoms with van der Waals surface area (Å²) in [7, 11) is -4.26. The predicted molar refractivity (Wildman–Crippen MR) is 85.7 cm³/mol. The van der Waals surface area contributed by atoms with Crippen LogP contribution in [0.3, 0.4) is 0 Å². The van der Waals surface area contributed by atoms with Crippen molar-refractivity contribution in [1.29, 1.82) is 0 Å². The molecule has 6 heteroatoms. The predicted octanol–water partition coefficient (Wildman–Crippen LogP) is 2.12. The van der Waals surface area contributed by atoms with Gasteiger partial charge in [0.05, 0.1) is 15.7 Å². The third kappa shape index (κ3) is 4.37. The van der Waals surface area contributed by atoms with Gasteiger partial charge in [-0.1, -0.05) is 13.3 Å². The number of sulfone groups is 1. The number of benzene rings is 1. The number of nitrogens with one attached hydrogen (secondary N) is 1. The van der Waals surface area contributed by atoms with Gasteiger partial charge in [0.2, 0.25) is 0 Å². The Labute approximate surface area is 129 Å². The molecule has 3 unspecified atom stereocenters. The van der Waals surface area contributed by atoms with Crippen LogP contribution in [0.2, 0.25) is 0 Å². The largest absolute Gasteiger partial charge is 0.314 e. The summed E-state index contributed by atoms with van der Waals surface area (Å²) in [6, 6.07) is 6.92. The smallest absolute Gasteiger partial charge is 0.175 e. The van der Waals surface area contributed by atoms with Gasteiger partial charge >= 0.3 is 0 Å². The maximum atomic E-state index is 12.6. The molecule has 1 aromatic rings. The molecule has 1 aliphatic carbocycles. The topological polar surface area (TPSA) is 63.2 Å². The van der Waals surface area contributed by atoms with E-state index in [1.807, 2.05) is 0 Å². The van der Waals surface area contributed by atoms with Crippen molar-refractivity contribution in [3.63, 3.8) is 0 Å². The lowest BCUT2D eigenvalue weighted by atomic mass is 9.95. The van der Waals surface area contributed by atoms with Crippen LogP contribution in [0.4, 0.5) is 0 Å². The first-order valence-corrected chi connectivity index (χ1v) is 10.5. The quantitative estimate of drug-likeness (QED) is 0.899. The summed E-state index contributed by atoms with van der Waals surface area (Å²) in [6.45, 7) is 3.03. The van der Waals surface area contributed by atoms with Gasteiger partial charge in [-0.2, -0.15) is 0 Å². The van der Waals surface area contributed by atoms with Gasteiger partial charge in [-0.3, -0.25) is 4.21 Å². The molecule has 1 aliphatic rings. The van der Waals surface area contributed by atoms with E-state index < -0.39 is 20.6 Å². The second-order valence-corrected chi connectivity index (χ2v) is 9.33. The Morgan fingerprint density at radius 2 is 1.90 bits per heavy atom. The second-order valence-electron chi connectivity index (χ2n) is 5.58. The van der Waals surface area contributed by atoms with Crippen LogP contribution < -0.4 is 5.32 Å². The van der Waals surface area contributed by atoms with Gasteiger partial charge in [0.15, 0.2) is 9.84 Å². The summed E-state index contributed by atoms with van der Waals surface area (Å²) in [5, 5.41) is 3.60. The molecule has 0 heterocycles. The van der Waals surface area contributed by atoms with E-state index in [2.05, 4.69) is 12.2 Å². The van der Waals surface area contributed by atoms with Gasteiger partial charge in [0.1, 0.15) is 0 Å². The normalized spacial score (nSPS) is 24.7. The van der Waals surface area contributed by atoms with Crippen LogP contribution in [-0.2, 0) is 20.6 Å².